The third-order valence-corrected chi connectivity index (χ3v) is 20.1. The van der Waals surface area contributed by atoms with Gasteiger partial charge in [-0.15, -0.1) is 0 Å². The molecule has 59 heteroatoms. The zero-order chi connectivity index (χ0) is 106. The van der Waals surface area contributed by atoms with Crippen molar-refractivity contribution in [1.29, 1.82) is 5.41 Å². The van der Waals surface area contributed by atoms with Crippen molar-refractivity contribution in [3.63, 3.8) is 0 Å². The number of unbranched alkanes of at least 4 members (excludes halogenated alkanes) is 1. The zero-order valence-corrected chi connectivity index (χ0v) is 76.3. The summed E-state index contributed by atoms with van der Waals surface area (Å²) in [5.74, 6) is -39.8. The number of hydrogen-bond acceptors (Lipinski definition) is 31. The van der Waals surface area contributed by atoms with E-state index < -0.39 is 372 Å². The lowest BCUT2D eigenvalue weighted by atomic mass is 9.96. The number of aliphatic hydroxyl groups is 1. The van der Waals surface area contributed by atoms with Crippen LogP contribution in [0.2, 0.25) is 0 Å². The molecule has 0 radical (unpaired) electrons. The molecular weight excluding hydrogens is 1860 g/mol. The summed E-state index contributed by atoms with van der Waals surface area (Å²) in [5.41, 5.74) is 32.3. The summed E-state index contributed by atoms with van der Waals surface area (Å²) in [6, 6.07) is -27.3. The summed E-state index contributed by atoms with van der Waals surface area (Å²) in [6.45, 7) is 4.98. The zero-order valence-electron chi connectivity index (χ0n) is 76.3. The Hall–Kier alpha value is -15.6. The Labute approximate surface area is 791 Å². The highest BCUT2D eigenvalue weighted by Crippen LogP contribution is 2.18. The molecule has 1 aromatic carbocycles. The van der Waals surface area contributed by atoms with E-state index in [1.165, 1.54) is 19.1 Å². The number of primary amides is 3. The monoisotopic (exact) mass is 1980 g/mol. The van der Waals surface area contributed by atoms with Crippen molar-refractivity contribution in [3.8, 4) is 5.75 Å². The van der Waals surface area contributed by atoms with Crippen LogP contribution < -0.4 is 125 Å². The first-order chi connectivity index (χ1) is 64.9. The SMILES string of the molecule is CC[C@H](C)[C@H](NC(=O)[C@H](CC(C)C)NC(=O)[C@H](CC(=O)O)NC(=O)[C@H](CCC(N)=O)NC(=O)[C@H](C)NC(=O)[C@H](CC(=O)O)NC(=O)[C@H](CCC(N)=O)NC(=O)[C@H](Cc1ccc(O)cc1)NC(=O)[C@H](CC(=O)O)NC(=O)[C@H](CC(=O)O)NC(=O)[C@H](CCC(=O)O)NC(=O)CN)C(=O)N[C@@H](CCCNC(=N)N)C(=O)N[C@@H](CC(=O)O)C(=O)N[C@@H](CCCCN)C(=O)N[C@@H](CO)C(=O)N[C@@H](CC(N)=O)C(=O)O. The molecule has 39 N–H and O–H groups in total. The lowest BCUT2D eigenvalue weighted by molar-refractivity contribution is -0.144. The van der Waals surface area contributed by atoms with Crippen molar-refractivity contribution >= 4 is 160 Å². The number of amides is 19. The minimum atomic E-state index is -2.31. The van der Waals surface area contributed by atoms with Gasteiger partial charge in [0, 0.05) is 32.2 Å². The minimum absolute atomic E-state index is 0.0450. The van der Waals surface area contributed by atoms with E-state index in [0.29, 0.717) is 0 Å². The Bertz CT molecular complexity index is 4580. The Morgan fingerprint density at radius 1 is 0.338 bits per heavy atom. The summed E-state index contributed by atoms with van der Waals surface area (Å²) in [4.78, 5) is 344. The van der Waals surface area contributed by atoms with Crippen LogP contribution in [0.3, 0.4) is 0 Å². The van der Waals surface area contributed by atoms with Crippen LogP contribution in [0.5, 0.6) is 5.75 Å². The fourth-order valence-electron chi connectivity index (χ4n) is 12.6. The largest absolute Gasteiger partial charge is 0.508 e. The first-order valence-electron chi connectivity index (χ1n) is 43.1. The first-order valence-corrected chi connectivity index (χ1v) is 43.1. The number of aliphatic carboxylic acids is 7. The number of rotatable bonds is 69. The van der Waals surface area contributed by atoms with Crippen LogP contribution in [0.4, 0.5) is 0 Å². The van der Waals surface area contributed by atoms with Gasteiger partial charge in [-0.05, 0) is 101 Å². The molecule has 0 saturated heterocycles. The number of nitrogens with one attached hydrogen (secondary N) is 18. The second kappa shape index (κ2) is 62.1. The number of carbonyl (C=O) groups excluding carboxylic acids is 19. The first kappa shape index (κ1) is 121. The molecule has 0 fully saturated rings. The number of nitrogens with two attached hydrogens (primary N) is 6. The third-order valence-electron chi connectivity index (χ3n) is 20.1. The molecule has 0 heterocycles. The smallest absolute Gasteiger partial charge is 0.326 e. The average Bonchev–Trinajstić information content (AvgIpc) is 0.846. The number of phenols is 1. The van der Waals surface area contributed by atoms with Crippen LogP contribution in [0.25, 0.3) is 0 Å². The third kappa shape index (κ3) is 48.4. The van der Waals surface area contributed by atoms with Crippen molar-refractivity contribution in [2.45, 2.75) is 260 Å². The molecule has 0 aromatic heterocycles. The van der Waals surface area contributed by atoms with Crippen LogP contribution in [0.15, 0.2) is 24.3 Å². The quantitative estimate of drug-likeness (QED) is 0.0164. The topological polar surface area (TPSA) is 1010 Å². The molecule has 0 saturated carbocycles. The van der Waals surface area contributed by atoms with Gasteiger partial charge < -0.3 is 171 Å². The summed E-state index contributed by atoms with van der Waals surface area (Å²) in [5, 5.41) is 133. The van der Waals surface area contributed by atoms with Gasteiger partial charge in [-0.25, -0.2) is 4.79 Å². The van der Waals surface area contributed by atoms with Crippen molar-refractivity contribution in [1.82, 2.24) is 90.4 Å². The summed E-state index contributed by atoms with van der Waals surface area (Å²) < 4.78 is 0. The molecule has 1 aromatic rings. The number of phenolic OH excluding ortho intramolecular Hbond substituents is 1. The molecule has 139 heavy (non-hydrogen) atoms. The minimum Gasteiger partial charge on any atom is -0.508 e. The normalized spacial score (nSPS) is 14.6. The fraction of sp³-hybridized carbons (Fsp3) is 0.588. The van der Waals surface area contributed by atoms with Crippen molar-refractivity contribution in [2.24, 2.45) is 46.2 Å². The number of aromatic hydroxyl groups is 1. The van der Waals surface area contributed by atoms with E-state index in [1.807, 2.05) is 21.3 Å². The molecule has 0 bridgehead atoms. The van der Waals surface area contributed by atoms with E-state index in [4.69, 9.17) is 39.8 Å². The second-order valence-corrected chi connectivity index (χ2v) is 32.1. The maximum Gasteiger partial charge on any atom is 0.326 e. The van der Waals surface area contributed by atoms with Gasteiger partial charge in [0.1, 0.15) is 102 Å². The van der Waals surface area contributed by atoms with E-state index in [9.17, 15) is 171 Å². The van der Waals surface area contributed by atoms with E-state index in [-0.39, 0.29) is 62.9 Å². The van der Waals surface area contributed by atoms with Gasteiger partial charge in [-0.3, -0.25) is 125 Å². The number of hydrogen-bond donors (Lipinski definition) is 33. The molecule has 19 amide bonds. The number of carboxylic acid groups (broad SMARTS) is 7. The van der Waals surface area contributed by atoms with Gasteiger partial charge in [0.15, 0.2) is 5.96 Å². The van der Waals surface area contributed by atoms with Crippen molar-refractivity contribution in [2.75, 3.05) is 26.2 Å². The van der Waals surface area contributed by atoms with Crippen LogP contribution >= 0.6 is 0 Å². The average molecular weight is 1980 g/mol. The Balaban J connectivity index is 3.82. The van der Waals surface area contributed by atoms with Gasteiger partial charge in [0.05, 0.1) is 51.7 Å². The van der Waals surface area contributed by atoms with Crippen molar-refractivity contribution in [3.05, 3.63) is 29.8 Å². The van der Waals surface area contributed by atoms with Crippen molar-refractivity contribution < 1.29 is 171 Å². The highest BCUT2D eigenvalue weighted by molar-refractivity contribution is 6.03. The van der Waals surface area contributed by atoms with E-state index in [1.54, 1.807) is 20.8 Å². The van der Waals surface area contributed by atoms with Crippen LogP contribution in [0, 0.1) is 17.2 Å². The molecule has 0 aliphatic carbocycles. The Kier molecular flexibility index (Phi) is 54.3. The molecule has 17 atom stereocenters. The number of benzene rings is 1. The molecule has 774 valence electrons. The summed E-state index contributed by atoms with van der Waals surface area (Å²) in [7, 11) is 0. The van der Waals surface area contributed by atoms with Crippen LogP contribution in [-0.4, -0.2) is 329 Å². The van der Waals surface area contributed by atoms with Gasteiger partial charge >= 0.3 is 41.8 Å². The Morgan fingerprint density at radius 2 is 0.662 bits per heavy atom. The molecule has 0 spiro atoms. The standard InChI is InChI=1S/C80H124N24O35/c1-6-35(4)63(78(137)94-40(11-9-23-88-80(86)87)65(124)98-47(28-59(115)116)72(131)92-39(10-7-8-22-81)66(125)103-52(33-105)77(136)102-51(79(138)139)26-55(85)109)104-76(135)44(24-34(2)3)95-73(132)48(29-60(117)118)100-68(127)42(16-19-53(83)107)91-64(123)36(5)89-70(129)46(27-58(113)114)97-69(128)43(17-20-54(84)108)93-71(130)45(25-37-12-14-38(106)15-13-37)96-74(133)50(31-62(121)122)101-75(134)49(30-61(119)120)99-67(126)41(18-21-57(111)112)90-56(110)32-82/h12-15,34-36,39-52,63,105-106H,6-11,16-33,81-82H2,1-5H3,(H2,83,107)(H2,84,108)(H2,85,109)(H,89,129)(H,90,110)(H,91,123)(H,92,131)(H,93,130)(H,94,137)(H,95,132)(H,96,133)(H,97,128)(H,98,124)(H,99,126)(H,100,127)(H,101,134)(H,102,136)(H,103,125)(H,104,135)(H,111,112)(H,113,114)(H,115,116)(H,117,118)(H,119,120)(H,121,122)(H,138,139)(H4,86,87,88)/t35-,36-,39-,40-,41-,42-,43-,44-,45-,46-,47-,48-,49-,50-,51-,52-,63-/m0/s1. The molecular formula is C80H124N24O35. The van der Waals surface area contributed by atoms with E-state index in [2.05, 4.69) is 69.1 Å². The molecule has 0 aliphatic heterocycles. The highest BCUT2D eigenvalue weighted by Gasteiger charge is 2.42. The van der Waals surface area contributed by atoms with Gasteiger partial charge in [0.2, 0.25) is 112 Å². The molecule has 59 nitrogen and oxygen atoms in total. The fourth-order valence-corrected chi connectivity index (χ4v) is 12.6. The number of aliphatic hydroxyl groups excluding tert-OH is 1. The summed E-state index contributed by atoms with van der Waals surface area (Å²) >= 11 is 0. The lowest BCUT2D eigenvalue weighted by Gasteiger charge is -2.30. The predicted octanol–water partition coefficient (Wildman–Crippen LogP) is -13.1. The summed E-state index contributed by atoms with van der Waals surface area (Å²) in [6.07, 6.45) is -13.6. The van der Waals surface area contributed by atoms with Gasteiger partial charge in [-0.1, -0.05) is 46.2 Å². The number of guanidine groups is 1. The Morgan fingerprint density at radius 3 is 1.02 bits per heavy atom. The van der Waals surface area contributed by atoms with Crippen LogP contribution in [0.1, 0.15) is 162 Å². The lowest BCUT2D eigenvalue weighted by Crippen LogP contribution is -2.62. The van der Waals surface area contributed by atoms with Gasteiger partial charge in [-0.2, -0.15) is 0 Å². The second-order valence-electron chi connectivity index (χ2n) is 32.1. The number of carbonyl (C=O) groups is 26. The number of carboxylic acids is 7. The maximum atomic E-state index is 14.6. The predicted molar refractivity (Wildman–Crippen MR) is 472 cm³/mol. The molecule has 0 aliphatic rings. The highest BCUT2D eigenvalue weighted by atomic mass is 16.4. The van der Waals surface area contributed by atoms with E-state index in [0.717, 1.165) is 19.1 Å². The maximum absolute atomic E-state index is 14.6. The van der Waals surface area contributed by atoms with Gasteiger partial charge in [0.25, 0.3) is 0 Å². The van der Waals surface area contributed by atoms with E-state index >= 15 is 0 Å². The molecule has 1 rings (SSSR count). The van der Waals surface area contributed by atoms with Crippen LogP contribution in [-0.2, 0) is 131 Å². The molecule has 0 unspecified atom stereocenters.